The van der Waals surface area contributed by atoms with Crippen molar-refractivity contribution in [2.24, 2.45) is 0 Å². The summed E-state index contributed by atoms with van der Waals surface area (Å²) >= 11 is 0. The fourth-order valence-corrected chi connectivity index (χ4v) is 3.29. The first-order valence-electron chi connectivity index (χ1n) is 10.3. The van der Waals surface area contributed by atoms with Gasteiger partial charge in [-0.15, -0.1) is 0 Å². The molecule has 0 spiro atoms. The summed E-state index contributed by atoms with van der Waals surface area (Å²) in [5.74, 6) is -0.212. The highest BCUT2D eigenvalue weighted by molar-refractivity contribution is 5.93. The third-order valence-electron chi connectivity index (χ3n) is 4.93. The molecule has 162 valence electrons. The number of carbonyl (C=O) groups is 1. The number of hydrogen-bond donors (Lipinski definition) is 1. The van der Waals surface area contributed by atoms with Crippen molar-refractivity contribution in [2.75, 3.05) is 27.2 Å². The number of nitrogens with zero attached hydrogens (tertiary/aromatic N) is 3. The van der Waals surface area contributed by atoms with Crippen LogP contribution in [0, 0.1) is 0 Å². The third-order valence-corrected chi connectivity index (χ3v) is 4.93. The van der Waals surface area contributed by atoms with Crippen LogP contribution in [0.2, 0.25) is 0 Å². The molecule has 4 rings (SSSR count). The highest BCUT2D eigenvalue weighted by Crippen LogP contribution is 2.25. The minimum Gasteiger partial charge on any atom is -0.422 e. The predicted octanol–water partition coefficient (Wildman–Crippen LogP) is 3.34. The number of hydrogen-bond acceptors (Lipinski definition) is 5. The molecule has 0 saturated carbocycles. The Morgan fingerprint density at radius 1 is 1.12 bits per heavy atom. The van der Waals surface area contributed by atoms with Crippen molar-refractivity contribution in [3.05, 3.63) is 88.9 Å². The molecular formula is C25H24N4O3. The van der Waals surface area contributed by atoms with Crippen LogP contribution in [0.25, 0.3) is 34.0 Å². The molecule has 0 radical (unpaired) electrons. The SMILES string of the molecule is CN(C)CCNC(=O)/C=C/c1cn(-c2ccccc2)nc1-c1cc2ccccc2oc1=O. The van der Waals surface area contributed by atoms with E-state index in [1.807, 2.05) is 67.5 Å². The molecule has 7 heteroatoms. The van der Waals surface area contributed by atoms with Crippen LogP contribution in [-0.2, 0) is 4.79 Å². The average Bonchev–Trinajstić information content (AvgIpc) is 3.21. The molecule has 0 atom stereocenters. The Hall–Kier alpha value is -3.97. The maximum absolute atomic E-state index is 12.8. The molecule has 0 unspecified atom stereocenters. The van der Waals surface area contributed by atoms with Gasteiger partial charge in [0.05, 0.1) is 11.3 Å². The topological polar surface area (TPSA) is 80.4 Å². The second-order valence-corrected chi connectivity index (χ2v) is 7.63. The molecule has 1 amide bonds. The van der Waals surface area contributed by atoms with Crippen LogP contribution < -0.4 is 10.9 Å². The number of fused-ring (bicyclic) bond motifs is 1. The van der Waals surface area contributed by atoms with E-state index < -0.39 is 5.63 Å². The van der Waals surface area contributed by atoms with Gasteiger partial charge in [0.25, 0.3) is 0 Å². The minimum atomic E-state index is -0.480. The number of aromatic nitrogens is 2. The number of benzene rings is 2. The standard InChI is InChI=1S/C25H24N4O3/c1-28(2)15-14-26-23(30)13-12-19-17-29(20-9-4-3-5-10-20)27-24(19)21-16-18-8-6-7-11-22(18)32-25(21)31/h3-13,16-17H,14-15H2,1-2H3,(H,26,30)/b13-12+. The summed E-state index contributed by atoms with van der Waals surface area (Å²) in [7, 11) is 3.89. The van der Waals surface area contributed by atoms with E-state index in [1.165, 1.54) is 6.08 Å². The second-order valence-electron chi connectivity index (χ2n) is 7.63. The van der Waals surface area contributed by atoms with E-state index in [1.54, 1.807) is 29.1 Å². The fraction of sp³-hybridized carbons (Fsp3) is 0.160. The quantitative estimate of drug-likeness (QED) is 0.361. The van der Waals surface area contributed by atoms with E-state index >= 15 is 0 Å². The highest BCUT2D eigenvalue weighted by atomic mass is 16.4. The second kappa shape index (κ2) is 9.45. The molecule has 2 aromatic heterocycles. The summed E-state index contributed by atoms with van der Waals surface area (Å²) in [6, 6.07) is 18.7. The number of rotatable bonds is 7. The van der Waals surface area contributed by atoms with Crippen molar-refractivity contribution < 1.29 is 9.21 Å². The lowest BCUT2D eigenvalue weighted by Crippen LogP contribution is -2.30. The van der Waals surface area contributed by atoms with Gasteiger partial charge in [-0.25, -0.2) is 9.48 Å². The van der Waals surface area contributed by atoms with Crippen LogP contribution in [0.1, 0.15) is 5.56 Å². The molecule has 0 aliphatic heterocycles. The number of amides is 1. The van der Waals surface area contributed by atoms with Gasteiger partial charge in [-0.3, -0.25) is 4.79 Å². The van der Waals surface area contributed by atoms with Crippen molar-refractivity contribution in [3.63, 3.8) is 0 Å². The number of likely N-dealkylation sites (N-methyl/N-ethyl adjacent to an activating group) is 1. The lowest BCUT2D eigenvalue weighted by molar-refractivity contribution is -0.116. The Morgan fingerprint density at radius 3 is 2.66 bits per heavy atom. The Balaban J connectivity index is 1.73. The van der Waals surface area contributed by atoms with Gasteiger partial charge in [-0.2, -0.15) is 5.10 Å². The van der Waals surface area contributed by atoms with Gasteiger partial charge in [-0.1, -0.05) is 36.4 Å². The largest absolute Gasteiger partial charge is 0.422 e. The molecule has 0 bridgehead atoms. The normalized spacial score (nSPS) is 11.5. The van der Waals surface area contributed by atoms with Gasteiger partial charge in [0, 0.05) is 36.3 Å². The summed E-state index contributed by atoms with van der Waals surface area (Å²) in [5.41, 5.74) is 2.30. The van der Waals surface area contributed by atoms with Crippen LogP contribution in [-0.4, -0.2) is 47.8 Å². The predicted molar refractivity (Wildman–Crippen MR) is 126 cm³/mol. The van der Waals surface area contributed by atoms with E-state index in [0.717, 1.165) is 17.6 Å². The molecule has 2 aromatic carbocycles. The zero-order valence-corrected chi connectivity index (χ0v) is 18.0. The van der Waals surface area contributed by atoms with Crippen LogP contribution >= 0.6 is 0 Å². The van der Waals surface area contributed by atoms with E-state index in [2.05, 4.69) is 10.4 Å². The van der Waals surface area contributed by atoms with Crippen molar-refractivity contribution in [1.82, 2.24) is 20.0 Å². The Morgan fingerprint density at radius 2 is 1.88 bits per heavy atom. The smallest absolute Gasteiger partial charge is 0.345 e. The van der Waals surface area contributed by atoms with Crippen LogP contribution in [0.4, 0.5) is 0 Å². The maximum atomic E-state index is 12.8. The molecule has 0 aliphatic carbocycles. The van der Waals surface area contributed by atoms with Crippen LogP contribution in [0.3, 0.4) is 0 Å². The zero-order valence-electron chi connectivity index (χ0n) is 18.0. The molecule has 0 fully saturated rings. The Kier molecular flexibility index (Phi) is 6.28. The number of nitrogens with one attached hydrogen (secondary N) is 1. The van der Waals surface area contributed by atoms with Crippen molar-refractivity contribution in [1.29, 1.82) is 0 Å². The van der Waals surface area contributed by atoms with Gasteiger partial charge in [0.15, 0.2) is 0 Å². The van der Waals surface area contributed by atoms with Gasteiger partial charge in [0.2, 0.25) is 5.91 Å². The minimum absolute atomic E-state index is 0.212. The van der Waals surface area contributed by atoms with E-state index in [0.29, 0.717) is 28.9 Å². The van der Waals surface area contributed by atoms with Crippen LogP contribution in [0.15, 0.2) is 82.1 Å². The zero-order chi connectivity index (χ0) is 22.5. The van der Waals surface area contributed by atoms with E-state index in [-0.39, 0.29) is 5.91 Å². The summed E-state index contributed by atoms with van der Waals surface area (Å²) in [5, 5.41) is 8.29. The molecule has 0 aliphatic rings. The van der Waals surface area contributed by atoms with Crippen LogP contribution in [0.5, 0.6) is 0 Å². The van der Waals surface area contributed by atoms with E-state index in [9.17, 15) is 9.59 Å². The van der Waals surface area contributed by atoms with Gasteiger partial charge < -0.3 is 14.6 Å². The van der Waals surface area contributed by atoms with Gasteiger partial charge >= 0.3 is 5.63 Å². The molecule has 4 aromatic rings. The Labute approximate surface area is 185 Å². The third kappa shape index (κ3) is 4.84. The number of para-hydroxylation sites is 2. The lowest BCUT2D eigenvalue weighted by atomic mass is 10.1. The monoisotopic (exact) mass is 428 g/mol. The molecule has 32 heavy (non-hydrogen) atoms. The van der Waals surface area contributed by atoms with E-state index in [4.69, 9.17) is 4.42 Å². The average molecular weight is 428 g/mol. The van der Waals surface area contributed by atoms with Gasteiger partial charge in [0.1, 0.15) is 11.3 Å². The molecular weight excluding hydrogens is 404 g/mol. The first-order valence-corrected chi connectivity index (χ1v) is 10.3. The first kappa shape index (κ1) is 21.3. The summed E-state index contributed by atoms with van der Waals surface area (Å²) in [4.78, 5) is 27.0. The first-order chi connectivity index (χ1) is 15.5. The molecule has 2 heterocycles. The molecule has 0 saturated heterocycles. The fourth-order valence-electron chi connectivity index (χ4n) is 3.29. The summed E-state index contributed by atoms with van der Waals surface area (Å²) in [6.45, 7) is 1.29. The molecule has 1 N–H and O–H groups in total. The number of carbonyl (C=O) groups excluding carboxylic acids is 1. The van der Waals surface area contributed by atoms with Crippen molar-refractivity contribution in [3.8, 4) is 16.9 Å². The summed E-state index contributed by atoms with van der Waals surface area (Å²) in [6.07, 6.45) is 4.92. The van der Waals surface area contributed by atoms with Crippen molar-refractivity contribution in [2.45, 2.75) is 0 Å². The van der Waals surface area contributed by atoms with Gasteiger partial charge in [-0.05, 0) is 44.4 Å². The maximum Gasteiger partial charge on any atom is 0.345 e. The molecule has 7 nitrogen and oxygen atoms in total. The summed E-state index contributed by atoms with van der Waals surface area (Å²) < 4.78 is 7.19. The lowest BCUT2D eigenvalue weighted by Gasteiger charge is -2.08. The van der Waals surface area contributed by atoms with Crippen molar-refractivity contribution >= 4 is 23.0 Å². The highest BCUT2D eigenvalue weighted by Gasteiger charge is 2.16. The Bertz CT molecular complexity index is 1320.